The van der Waals surface area contributed by atoms with Crippen molar-refractivity contribution in [2.75, 3.05) is 7.05 Å². The third-order valence-corrected chi connectivity index (χ3v) is 4.86. The predicted octanol–water partition coefficient (Wildman–Crippen LogP) is 4.95. The van der Waals surface area contributed by atoms with Gasteiger partial charge in [0.1, 0.15) is 0 Å². The second-order valence-corrected chi connectivity index (χ2v) is 6.88. The summed E-state index contributed by atoms with van der Waals surface area (Å²) in [6, 6.07) is 24.6. The topological polar surface area (TPSA) is 47.1 Å². The van der Waals surface area contributed by atoms with Crippen molar-refractivity contribution in [1.29, 1.82) is 0 Å². The third kappa shape index (κ3) is 3.93. The number of hydrogen-bond donors (Lipinski definition) is 0. The molecule has 0 amide bonds. The summed E-state index contributed by atoms with van der Waals surface area (Å²) in [6.07, 6.45) is 3.42. The average Bonchev–Trinajstić information content (AvgIpc) is 3.11. The van der Waals surface area contributed by atoms with E-state index in [0.29, 0.717) is 17.4 Å². The number of rotatable bonds is 6. The average molecular weight is 388 g/mol. The fourth-order valence-electron chi connectivity index (χ4n) is 3.27. The van der Waals surface area contributed by atoms with E-state index in [9.17, 15) is 0 Å². The Labute approximate surface area is 168 Å². The fraction of sp³-hybridized carbons (Fsp3) is 0.136. The Morgan fingerprint density at radius 2 is 1.50 bits per heavy atom. The molecule has 2 aromatic heterocycles. The first kappa shape index (κ1) is 18.3. The largest absolute Gasteiger partial charge is 0.409 e. The molecular weight excluding hydrogens is 368 g/mol. The summed E-state index contributed by atoms with van der Waals surface area (Å²) >= 11 is 5.40. The van der Waals surface area contributed by atoms with Gasteiger partial charge in [0.2, 0.25) is 5.89 Å². The lowest BCUT2D eigenvalue weighted by Crippen LogP contribution is -2.28. The van der Waals surface area contributed by atoms with Gasteiger partial charge >= 0.3 is 0 Å². The zero-order valence-corrected chi connectivity index (χ0v) is 16.3. The van der Waals surface area contributed by atoms with Crippen molar-refractivity contribution in [3.05, 3.63) is 101 Å². The molecule has 0 bridgehead atoms. The third-order valence-electron chi connectivity index (χ3n) is 4.56. The smallest absolute Gasteiger partial charge is 0.288 e. The van der Waals surface area contributed by atoms with Gasteiger partial charge in [-0.3, -0.25) is 9.88 Å². The standard InChI is InChI=1S/C22H20N4OS/c1-25(16-26-22(28)27-21(24-26)19-12-14-23-15-13-19)20(17-8-4-2-5-9-17)18-10-6-3-7-11-18/h2-15,20H,16H2,1H3. The second-order valence-electron chi connectivity index (χ2n) is 6.53. The molecule has 0 saturated heterocycles. The van der Waals surface area contributed by atoms with Gasteiger partial charge in [0.15, 0.2) is 0 Å². The summed E-state index contributed by atoms with van der Waals surface area (Å²) in [4.78, 5) is 6.58. The molecule has 0 atom stereocenters. The van der Waals surface area contributed by atoms with E-state index in [2.05, 4.69) is 70.6 Å². The number of aromatic nitrogens is 3. The molecule has 4 aromatic rings. The summed E-state index contributed by atoms with van der Waals surface area (Å²) in [6.45, 7) is 0.502. The van der Waals surface area contributed by atoms with Crippen molar-refractivity contribution < 1.29 is 4.42 Å². The van der Waals surface area contributed by atoms with E-state index in [1.165, 1.54) is 11.1 Å². The Bertz CT molecular complexity index is 1040. The normalized spacial score (nSPS) is 11.2. The summed E-state index contributed by atoms with van der Waals surface area (Å²) in [5.41, 5.74) is 3.27. The number of hydrogen-bond acceptors (Lipinski definition) is 5. The van der Waals surface area contributed by atoms with Crippen LogP contribution >= 0.6 is 12.2 Å². The molecule has 0 spiro atoms. The van der Waals surface area contributed by atoms with Crippen molar-refractivity contribution >= 4 is 12.2 Å². The van der Waals surface area contributed by atoms with Gasteiger partial charge in [-0.1, -0.05) is 60.7 Å². The van der Waals surface area contributed by atoms with Crippen molar-refractivity contribution in [3.8, 4) is 11.5 Å². The Hall–Kier alpha value is -3.09. The van der Waals surface area contributed by atoms with E-state index in [1.54, 1.807) is 17.1 Å². The monoisotopic (exact) mass is 388 g/mol. The van der Waals surface area contributed by atoms with Crippen molar-refractivity contribution in [3.63, 3.8) is 0 Å². The van der Waals surface area contributed by atoms with Gasteiger partial charge in [0.05, 0.1) is 12.7 Å². The zero-order chi connectivity index (χ0) is 19.3. The van der Waals surface area contributed by atoms with E-state index in [-0.39, 0.29) is 6.04 Å². The van der Waals surface area contributed by atoms with Crippen LogP contribution in [-0.4, -0.2) is 26.7 Å². The Kier molecular flexibility index (Phi) is 5.41. The highest BCUT2D eigenvalue weighted by Crippen LogP contribution is 2.28. The SMILES string of the molecule is CN(Cn1nc(-c2ccncc2)oc1=S)C(c1ccccc1)c1ccccc1. The van der Waals surface area contributed by atoms with E-state index in [0.717, 1.165) is 5.56 Å². The van der Waals surface area contributed by atoms with Crippen LogP contribution in [0.25, 0.3) is 11.5 Å². The molecule has 2 heterocycles. The molecule has 0 aliphatic heterocycles. The number of nitrogens with zero attached hydrogens (tertiary/aromatic N) is 4. The lowest BCUT2D eigenvalue weighted by atomic mass is 9.98. The lowest BCUT2D eigenvalue weighted by Gasteiger charge is -2.28. The molecule has 0 fully saturated rings. The molecule has 0 aliphatic rings. The molecule has 0 aliphatic carbocycles. The van der Waals surface area contributed by atoms with Gasteiger partial charge in [-0.25, -0.2) is 4.68 Å². The van der Waals surface area contributed by atoms with Gasteiger partial charge in [-0.15, -0.1) is 5.10 Å². The quantitative estimate of drug-likeness (QED) is 0.438. The summed E-state index contributed by atoms with van der Waals surface area (Å²) in [5.74, 6) is 0.497. The molecule has 2 aromatic carbocycles. The van der Waals surface area contributed by atoms with Gasteiger partial charge in [-0.05, 0) is 42.5 Å². The summed E-state index contributed by atoms with van der Waals surface area (Å²) in [7, 11) is 2.06. The van der Waals surface area contributed by atoms with E-state index >= 15 is 0 Å². The molecule has 5 nitrogen and oxygen atoms in total. The summed E-state index contributed by atoms with van der Waals surface area (Å²) < 4.78 is 7.42. The van der Waals surface area contributed by atoms with Gasteiger partial charge < -0.3 is 4.42 Å². The van der Waals surface area contributed by atoms with Crippen LogP contribution in [0.3, 0.4) is 0 Å². The molecule has 28 heavy (non-hydrogen) atoms. The second kappa shape index (κ2) is 8.29. The van der Waals surface area contributed by atoms with Crippen LogP contribution in [0.15, 0.2) is 89.6 Å². The van der Waals surface area contributed by atoms with E-state index in [1.807, 2.05) is 24.3 Å². The van der Waals surface area contributed by atoms with Crippen molar-refractivity contribution in [2.24, 2.45) is 0 Å². The zero-order valence-electron chi connectivity index (χ0n) is 15.5. The highest BCUT2D eigenvalue weighted by Gasteiger charge is 2.20. The Morgan fingerprint density at radius 3 is 2.07 bits per heavy atom. The summed E-state index contributed by atoms with van der Waals surface area (Å²) in [5, 5.41) is 4.57. The number of pyridine rings is 1. The first-order valence-corrected chi connectivity index (χ1v) is 9.41. The van der Waals surface area contributed by atoms with E-state index < -0.39 is 0 Å². The van der Waals surface area contributed by atoms with Crippen molar-refractivity contribution in [2.45, 2.75) is 12.7 Å². The van der Waals surface area contributed by atoms with Crippen LogP contribution in [-0.2, 0) is 6.67 Å². The van der Waals surface area contributed by atoms with Gasteiger partial charge in [-0.2, -0.15) is 0 Å². The van der Waals surface area contributed by atoms with Gasteiger partial charge in [0, 0.05) is 18.0 Å². The maximum absolute atomic E-state index is 5.70. The number of benzene rings is 2. The van der Waals surface area contributed by atoms with E-state index in [4.69, 9.17) is 16.6 Å². The minimum Gasteiger partial charge on any atom is -0.409 e. The minimum absolute atomic E-state index is 0.0744. The van der Waals surface area contributed by atoms with Crippen LogP contribution < -0.4 is 0 Å². The first-order valence-electron chi connectivity index (χ1n) is 9.01. The Morgan fingerprint density at radius 1 is 0.929 bits per heavy atom. The van der Waals surface area contributed by atoms with Crippen molar-refractivity contribution in [1.82, 2.24) is 19.7 Å². The van der Waals surface area contributed by atoms with Crippen LogP contribution in [0, 0.1) is 4.84 Å². The maximum Gasteiger partial charge on any atom is 0.288 e. The van der Waals surface area contributed by atoms with Crippen LogP contribution in [0.4, 0.5) is 0 Å². The highest BCUT2D eigenvalue weighted by molar-refractivity contribution is 7.71. The Balaban J connectivity index is 1.65. The predicted molar refractivity (Wildman–Crippen MR) is 111 cm³/mol. The van der Waals surface area contributed by atoms with Crippen LogP contribution in [0.1, 0.15) is 17.2 Å². The fourth-order valence-corrected chi connectivity index (χ4v) is 3.45. The minimum atomic E-state index is 0.0744. The highest BCUT2D eigenvalue weighted by atomic mass is 32.1. The molecule has 140 valence electrons. The molecule has 0 unspecified atom stereocenters. The van der Waals surface area contributed by atoms with Crippen LogP contribution in [0.2, 0.25) is 0 Å². The molecule has 6 heteroatoms. The van der Waals surface area contributed by atoms with Gasteiger partial charge in [0.25, 0.3) is 4.84 Å². The molecule has 4 rings (SSSR count). The molecule has 0 saturated carbocycles. The first-order chi connectivity index (χ1) is 13.7. The molecule has 0 radical (unpaired) electrons. The molecule has 0 N–H and O–H groups in total. The molecular formula is C22H20N4OS. The van der Waals surface area contributed by atoms with Crippen LogP contribution in [0.5, 0.6) is 0 Å². The lowest BCUT2D eigenvalue weighted by molar-refractivity contribution is 0.205. The maximum atomic E-state index is 5.70.